The standard InChI is InChI=1S/C18H22N2O4.C2H6O.C2H6.C2H2/c1-12(9-14(22-3)7-8-21-2)15-11-24-20-18(15)13-5-6-16(19)17(10-13)23-4;1-3-2;2*1-2/h5-7,9-11H,8,19H2,1-4H3;1-2H3;1-2H3;1-2H/b12-9+,14-7+;;;. The van der Waals surface area contributed by atoms with Gasteiger partial charge in [-0.3, -0.25) is 0 Å². The fourth-order valence-electron chi connectivity index (χ4n) is 2.24. The zero-order valence-electron chi connectivity index (χ0n) is 19.9. The van der Waals surface area contributed by atoms with Gasteiger partial charge in [0.2, 0.25) is 0 Å². The Morgan fingerprint density at radius 3 is 2.26 bits per heavy atom. The van der Waals surface area contributed by atoms with Crippen LogP contribution >= 0.6 is 0 Å². The molecule has 0 saturated heterocycles. The Balaban J connectivity index is 0. The third-order valence-electron chi connectivity index (χ3n) is 3.55. The zero-order chi connectivity index (χ0) is 24.2. The van der Waals surface area contributed by atoms with Crippen LogP contribution in [-0.4, -0.2) is 47.3 Å². The lowest BCUT2D eigenvalue weighted by atomic mass is 10.0. The Labute approximate surface area is 186 Å². The quantitative estimate of drug-likeness (QED) is 0.283. The van der Waals surface area contributed by atoms with Gasteiger partial charge in [-0.05, 0) is 36.8 Å². The van der Waals surface area contributed by atoms with Crippen molar-refractivity contribution >= 4 is 11.3 Å². The summed E-state index contributed by atoms with van der Waals surface area (Å²) in [5.41, 5.74) is 9.82. The molecule has 0 bridgehead atoms. The smallest absolute Gasteiger partial charge is 0.142 e. The predicted octanol–water partition coefficient (Wildman–Crippen LogP) is 5.05. The molecule has 0 unspecified atom stereocenters. The van der Waals surface area contributed by atoms with E-state index >= 15 is 0 Å². The summed E-state index contributed by atoms with van der Waals surface area (Å²) in [6, 6.07) is 5.50. The van der Waals surface area contributed by atoms with Crippen LogP contribution in [0.15, 0.2) is 46.9 Å². The number of anilines is 1. The second-order valence-corrected chi connectivity index (χ2v) is 5.54. The third kappa shape index (κ3) is 10.4. The molecule has 0 aliphatic rings. The van der Waals surface area contributed by atoms with Crippen LogP contribution in [-0.2, 0) is 14.2 Å². The van der Waals surface area contributed by atoms with Crippen molar-refractivity contribution in [3.63, 3.8) is 0 Å². The molecule has 0 atom stereocenters. The average Bonchev–Trinajstić information content (AvgIpc) is 3.30. The van der Waals surface area contributed by atoms with Gasteiger partial charge in [-0.2, -0.15) is 0 Å². The number of rotatable bonds is 7. The van der Waals surface area contributed by atoms with E-state index in [9.17, 15) is 0 Å². The van der Waals surface area contributed by atoms with Crippen molar-refractivity contribution in [3.8, 4) is 29.9 Å². The van der Waals surface area contributed by atoms with E-state index in [1.54, 1.807) is 47.9 Å². The van der Waals surface area contributed by atoms with Crippen molar-refractivity contribution in [1.29, 1.82) is 0 Å². The summed E-state index contributed by atoms with van der Waals surface area (Å²) in [5, 5.41) is 4.11. The molecule has 0 aliphatic carbocycles. The molecular weight excluding hydrogens is 396 g/mol. The first-order valence-corrected chi connectivity index (χ1v) is 9.55. The Hall–Kier alpha value is -3.21. The molecular formula is C24H36N2O5. The van der Waals surface area contributed by atoms with Crippen molar-refractivity contribution in [2.45, 2.75) is 20.8 Å². The Morgan fingerprint density at radius 1 is 1.13 bits per heavy atom. The average molecular weight is 433 g/mol. The number of hydrogen-bond acceptors (Lipinski definition) is 7. The number of allylic oxidation sites excluding steroid dienone is 2. The van der Waals surface area contributed by atoms with Crippen LogP contribution in [0.5, 0.6) is 5.75 Å². The van der Waals surface area contributed by atoms with E-state index in [0.29, 0.717) is 29.5 Å². The minimum absolute atomic E-state index is 0.471. The topological polar surface area (TPSA) is 89.0 Å². The van der Waals surface area contributed by atoms with Gasteiger partial charge in [0.05, 0.1) is 26.5 Å². The maximum absolute atomic E-state index is 5.87. The SMILES string of the molecule is C#C.CC.COC.COC/C=C(\C=C(/C)c1conc1-c1ccc(N)c(OC)c1)OC. The van der Waals surface area contributed by atoms with E-state index in [1.807, 2.05) is 45.1 Å². The Kier molecular flexibility index (Phi) is 18.2. The number of hydrogen-bond donors (Lipinski definition) is 1. The summed E-state index contributed by atoms with van der Waals surface area (Å²) in [7, 11) is 8.08. The number of nitrogens with zero attached hydrogens (tertiary/aromatic N) is 1. The molecule has 1 aromatic carbocycles. The normalized spacial score (nSPS) is 10.4. The van der Waals surface area contributed by atoms with E-state index in [0.717, 1.165) is 16.7 Å². The van der Waals surface area contributed by atoms with Gasteiger partial charge in [0.1, 0.15) is 23.5 Å². The van der Waals surface area contributed by atoms with Gasteiger partial charge < -0.3 is 29.2 Å². The van der Waals surface area contributed by atoms with Crippen molar-refractivity contribution in [1.82, 2.24) is 5.16 Å². The van der Waals surface area contributed by atoms with E-state index in [-0.39, 0.29) is 0 Å². The number of ether oxygens (including phenoxy) is 4. The molecule has 172 valence electrons. The molecule has 31 heavy (non-hydrogen) atoms. The fourth-order valence-corrected chi connectivity index (χ4v) is 2.24. The van der Waals surface area contributed by atoms with Gasteiger partial charge >= 0.3 is 0 Å². The van der Waals surface area contributed by atoms with Crippen molar-refractivity contribution < 1.29 is 23.5 Å². The number of nitrogen functional groups attached to an aromatic ring is 1. The minimum Gasteiger partial charge on any atom is -0.497 e. The predicted molar refractivity (Wildman–Crippen MR) is 128 cm³/mol. The minimum atomic E-state index is 0.471. The zero-order valence-corrected chi connectivity index (χ0v) is 19.9. The highest BCUT2D eigenvalue weighted by molar-refractivity contribution is 5.79. The first-order valence-electron chi connectivity index (χ1n) is 9.55. The molecule has 2 rings (SSSR count). The van der Waals surface area contributed by atoms with Gasteiger partial charge in [-0.25, -0.2) is 0 Å². The monoisotopic (exact) mass is 432 g/mol. The largest absolute Gasteiger partial charge is 0.497 e. The molecule has 0 spiro atoms. The van der Waals surface area contributed by atoms with Crippen LogP contribution in [0.3, 0.4) is 0 Å². The van der Waals surface area contributed by atoms with Crippen molar-refractivity contribution in [2.75, 3.05) is 47.9 Å². The summed E-state index contributed by atoms with van der Waals surface area (Å²) in [5.74, 6) is 1.30. The van der Waals surface area contributed by atoms with Crippen LogP contribution in [0.1, 0.15) is 26.3 Å². The first-order chi connectivity index (χ1) is 15.0. The van der Waals surface area contributed by atoms with Crippen molar-refractivity contribution in [3.05, 3.63) is 47.9 Å². The highest BCUT2D eigenvalue weighted by Gasteiger charge is 2.14. The highest BCUT2D eigenvalue weighted by Crippen LogP contribution is 2.32. The van der Waals surface area contributed by atoms with Crippen molar-refractivity contribution in [2.24, 2.45) is 0 Å². The van der Waals surface area contributed by atoms with E-state index < -0.39 is 0 Å². The first kappa shape index (κ1) is 30.0. The summed E-state index contributed by atoms with van der Waals surface area (Å²) in [4.78, 5) is 0. The third-order valence-corrected chi connectivity index (χ3v) is 3.55. The lowest BCUT2D eigenvalue weighted by Crippen LogP contribution is -1.94. The number of nitrogens with two attached hydrogens (primary N) is 1. The summed E-state index contributed by atoms with van der Waals surface area (Å²) >= 11 is 0. The van der Waals surface area contributed by atoms with Crippen LogP contribution in [0.25, 0.3) is 16.8 Å². The second kappa shape index (κ2) is 18.8. The van der Waals surface area contributed by atoms with E-state index in [2.05, 4.69) is 22.7 Å². The maximum Gasteiger partial charge on any atom is 0.142 e. The molecule has 0 radical (unpaired) electrons. The lowest BCUT2D eigenvalue weighted by molar-refractivity contribution is 0.226. The molecule has 7 nitrogen and oxygen atoms in total. The van der Waals surface area contributed by atoms with Gasteiger partial charge in [-0.15, -0.1) is 12.8 Å². The maximum atomic E-state index is 5.87. The number of terminal acetylenes is 1. The van der Waals surface area contributed by atoms with Gasteiger partial charge in [0.15, 0.2) is 0 Å². The molecule has 2 aromatic rings. The molecule has 0 fully saturated rings. The Bertz CT molecular complexity index is 807. The van der Waals surface area contributed by atoms with Crippen LogP contribution < -0.4 is 10.5 Å². The number of benzene rings is 1. The summed E-state index contributed by atoms with van der Waals surface area (Å²) in [6.07, 6.45) is 13.4. The molecule has 2 N–H and O–H groups in total. The van der Waals surface area contributed by atoms with Crippen LogP contribution in [0.2, 0.25) is 0 Å². The molecule has 0 saturated carbocycles. The molecule has 7 heteroatoms. The van der Waals surface area contributed by atoms with Gasteiger partial charge in [0.25, 0.3) is 0 Å². The lowest BCUT2D eigenvalue weighted by Gasteiger charge is -2.08. The second-order valence-electron chi connectivity index (χ2n) is 5.54. The molecule has 1 heterocycles. The van der Waals surface area contributed by atoms with Crippen LogP contribution in [0, 0.1) is 12.8 Å². The summed E-state index contributed by atoms with van der Waals surface area (Å²) in [6.45, 7) is 6.43. The fraction of sp³-hybridized carbons (Fsp3) is 0.375. The highest BCUT2D eigenvalue weighted by atomic mass is 16.5. The van der Waals surface area contributed by atoms with E-state index in [4.69, 9.17) is 24.5 Å². The number of methoxy groups -OCH3 is 4. The molecule has 0 aliphatic heterocycles. The molecule has 0 amide bonds. The Morgan fingerprint density at radius 2 is 1.74 bits per heavy atom. The summed E-state index contributed by atoms with van der Waals surface area (Å²) < 4.78 is 25.1. The molecule has 1 aromatic heterocycles. The number of aromatic nitrogens is 1. The van der Waals surface area contributed by atoms with E-state index in [1.165, 1.54) is 0 Å². The van der Waals surface area contributed by atoms with Gasteiger partial charge in [-0.1, -0.05) is 25.1 Å². The van der Waals surface area contributed by atoms with Crippen LogP contribution in [0.4, 0.5) is 5.69 Å². The van der Waals surface area contributed by atoms with Gasteiger partial charge in [0, 0.05) is 32.5 Å².